The average molecular weight is 473 g/mol. The zero-order valence-corrected chi connectivity index (χ0v) is 20.1. The number of ether oxygens (including phenoxy) is 2. The maximum absolute atomic E-state index is 13.1. The number of aliphatic hydroxyl groups is 1. The molecule has 33 heavy (non-hydrogen) atoms. The Kier molecular flexibility index (Phi) is 8.00. The molecule has 1 amide bonds. The second kappa shape index (κ2) is 10.7. The van der Waals surface area contributed by atoms with Crippen molar-refractivity contribution < 1.29 is 24.2 Å². The minimum atomic E-state index is -0.753. The van der Waals surface area contributed by atoms with Gasteiger partial charge in [0, 0.05) is 18.7 Å². The number of rotatable bonds is 9. The summed E-state index contributed by atoms with van der Waals surface area (Å²) in [4.78, 5) is 29.6. The quantitative estimate of drug-likeness (QED) is 0.336. The summed E-state index contributed by atoms with van der Waals surface area (Å²) < 4.78 is 11.0. The molecule has 1 aliphatic heterocycles. The highest BCUT2D eigenvalue weighted by atomic mass is 35.5. The summed E-state index contributed by atoms with van der Waals surface area (Å²) in [5.74, 6) is -0.662. The summed E-state index contributed by atoms with van der Waals surface area (Å²) in [5.41, 5.74) is 1.05. The molecule has 0 spiro atoms. The molecule has 7 nitrogen and oxygen atoms in total. The van der Waals surface area contributed by atoms with Gasteiger partial charge in [-0.3, -0.25) is 9.59 Å². The van der Waals surface area contributed by atoms with Gasteiger partial charge in [0.15, 0.2) is 0 Å². The predicted molar refractivity (Wildman–Crippen MR) is 128 cm³/mol. The molecule has 0 aliphatic carbocycles. The Morgan fingerprint density at radius 2 is 1.94 bits per heavy atom. The average Bonchev–Trinajstić information content (AvgIpc) is 3.06. The summed E-state index contributed by atoms with van der Waals surface area (Å²) >= 11 is 6.12. The molecule has 3 rings (SSSR count). The van der Waals surface area contributed by atoms with E-state index in [2.05, 4.69) is 0 Å². The molecule has 0 aromatic heterocycles. The van der Waals surface area contributed by atoms with Crippen molar-refractivity contribution in [2.75, 3.05) is 40.9 Å². The van der Waals surface area contributed by atoms with Crippen LogP contribution in [0.1, 0.15) is 30.5 Å². The van der Waals surface area contributed by atoms with E-state index in [1.54, 1.807) is 18.2 Å². The van der Waals surface area contributed by atoms with Crippen molar-refractivity contribution in [2.24, 2.45) is 0 Å². The van der Waals surface area contributed by atoms with E-state index in [0.717, 1.165) is 6.42 Å². The highest BCUT2D eigenvalue weighted by molar-refractivity contribution is 6.46. The van der Waals surface area contributed by atoms with Gasteiger partial charge in [0.25, 0.3) is 11.7 Å². The maximum atomic E-state index is 13.1. The third-order valence-electron chi connectivity index (χ3n) is 5.40. The minimum Gasteiger partial charge on any atom is -0.507 e. The molecule has 176 valence electrons. The number of amides is 1. The number of ketones is 1. The topological polar surface area (TPSA) is 79.3 Å². The number of likely N-dealkylation sites (N-methyl/N-ethyl adjacent to an activating group) is 1. The van der Waals surface area contributed by atoms with E-state index in [1.807, 2.05) is 50.2 Å². The second-order valence-corrected chi connectivity index (χ2v) is 8.47. The summed E-state index contributed by atoms with van der Waals surface area (Å²) in [6.45, 7) is 3.45. The van der Waals surface area contributed by atoms with Crippen molar-refractivity contribution in [3.05, 3.63) is 64.2 Å². The van der Waals surface area contributed by atoms with Crippen LogP contribution in [0.4, 0.5) is 0 Å². The van der Waals surface area contributed by atoms with Crippen LogP contribution in [0.2, 0.25) is 5.02 Å². The molecule has 0 radical (unpaired) electrons. The van der Waals surface area contributed by atoms with Gasteiger partial charge < -0.3 is 24.4 Å². The van der Waals surface area contributed by atoms with Crippen molar-refractivity contribution in [3.8, 4) is 11.5 Å². The third kappa shape index (κ3) is 5.31. The van der Waals surface area contributed by atoms with Crippen LogP contribution in [0.3, 0.4) is 0 Å². The Bertz CT molecular complexity index is 1070. The predicted octanol–water partition coefficient (Wildman–Crippen LogP) is 4.12. The molecule has 1 heterocycles. The summed E-state index contributed by atoms with van der Waals surface area (Å²) in [5, 5.41) is 11.6. The molecule has 1 aliphatic rings. The minimum absolute atomic E-state index is 0.0239. The number of Topliss-reactive ketones (excluding diaryl/α,β-unsaturated/α-hetero) is 1. The van der Waals surface area contributed by atoms with Gasteiger partial charge in [-0.2, -0.15) is 0 Å². The molecular weight excluding hydrogens is 444 g/mol. The standard InChI is InChI=1S/C25H29ClN2O5/c1-5-13-33-18-8-6-7-16(14-18)22-21(24(30)25(31)28(22)12-11-27(2)3)23(29)17-9-10-19(26)20(15-17)32-4/h6-10,14-15,22,29H,5,11-13H2,1-4H3/b23-21-. The highest BCUT2D eigenvalue weighted by Crippen LogP contribution is 2.41. The number of nitrogens with zero attached hydrogens (tertiary/aromatic N) is 2. The largest absolute Gasteiger partial charge is 0.507 e. The molecule has 2 aromatic carbocycles. The number of carbonyl (C=O) groups excluding carboxylic acids is 2. The Morgan fingerprint density at radius 1 is 1.18 bits per heavy atom. The zero-order valence-electron chi connectivity index (χ0n) is 19.3. The lowest BCUT2D eigenvalue weighted by Crippen LogP contribution is -2.35. The lowest BCUT2D eigenvalue weighted by atomic mass is 9.95. The Balaban J connectivity index is 2.14. The monoisotopic (exact) mass is 472 g/mol. The summed E-state index contributed by atoms with van der Waals surface area (Å²) in [7, 11) is 5.25. The molecule has 2 aromatic rings. The number of methoxy groups -OCH3 is 1. The van der Waals surface area contributed by atoms with Crippen LogP contribution in [0.5, 0.6) is 11.5 Å². The maximum Gasteiger partial charge on any atom is 0.295 e. The Hall–Kier alpha value is -3.03. The molecule has 8 heteroatoms. The zero-order chi connectivity index (χ0) is 24.1. The van der Waals surface area contributed by atoms with Crippen LogP contribution < -0.4 is 9.47 Å². The number of aliphatic hydroxyl groups excluding tert-OH is 1. The van der Waals surface area contributed by atoms with Crippen LogP contribution in [0.15, 0.2) is 48.0 Å². The van der Waals surface area contributed by atoms with Gasteiger partial charge in [-0.15, -0.1) is 0 Å². The fraction of sp³-hybridized carbons (Fsp3) is 0.360. The van der Waals surface area contributed by atoms with Crippen LogP contribution in [-0.4, -0.2) is 67.5 Å². The molecule has 0 saturated carbocycles. The first-order valence-corrected chi connectivity index (χ1v) is 11.2. The number of carbonyl (C=O) groups is 2. The van der Waals surface area contributed by atoms with E-state index >= 15 is 0 Å². The number of hydrogen-bond donors (Lipinski definition) is 1. The number of benzene rings is 2. The van der Waals surface area contributed by atoms with Crippen molar-refractivity contribution >= 4 is 29.1 Å². The van der Waals surface area contributed by atoms with Gasteiger partial charge in [0.05, 0.1) is 30.4 Å². The van der Waals surface area contributed by atoms with E-state index in [9.17, 15) is 14.7 Å². The van der Waals surface area contributed by atoms with Crippen LogP contribution in [0.25, 0.3) is 5.76 Å². The number of likely N-dealkylation sites (tertiary alicyclic amines) is 1. The van der Waals surface area contributed by atoms with Crippen LogP contribution in [0, 0.1) is 0 Å². The Labute approximate surface area is 199 Å². The van der Waals surface area contributed by atoms with E-state index in [0.29, 0.717) is 47.3 Å². The summed E-state index contributed by atoms with van der Waals surface area (Å²) in [6.07, 6.45) is 0.851. The molecule has 1 N–H and O–H groups in total. The molecule has 1 unspecified atom stereocenters. The lowest BCUT2D eigenvalue weighted by molar-refractivity contribution is -0.140. The van der Waals surface area contributed by atoms with E-state index in [1.165, 1.54) is 12.0 Å². The third-order valence-corrected chi connectivity index (χ3v) is 5.71. The van der Waals surface area contributed by atoms with E-state index < -0.39 is 17.7 Å². The first-order chi connectivity index (χ1) is 15.8. The van der Waals surface area contributed by atoms with E-state index in [4.69, 9.17) is 21.1 Å². The number of halogens is 1. The van der Waals surface area contributed by atoms with Crippen molar-refractivity contribution in [2.45, 2.75) is 19.4 Å². The smallest absolute Gasteiger partial charge is 0.295 e. The van der Waals surface area contributed by atoms with Gasteiger partial charge in [-0.05, 0) is 56.4 Å². The lowest BCUT2D eigenvalue weighted by Gasteiger charge is -2.27. The van der Waals surface area contributed by atoms with Gasteiger partial charge >= 0.3 is 0 Å². The molecule has 1 saturated heterocycles. The van der Waals surface area contributed by atoms with Crippen molar-refractivity contribution in [1.29, 1.82) is 0 Å². The highest BCUT2D eigenvalue weighted by Gasteiger charge is 2.46. The molecule has 0 bridgehead atoms. The first kappa shape index (κ1) is 24.6. The van der Waals surface area contributed by atoms with Crippen molar-refractivity contribution in [3.63, 3.8) is 0 Å². The molecular formula is C25H29ClN2O5. The number of hydrogen-bond acceptors (Lipinski definition) is 6. The van der Waals surface area contributed by atoms with Gasteiger partial charge in [-0.25, -0.2) is 0 Å². The Morgan fingerprint density at radius 3 is 2.61 bits per heavy atom. The van der Waals surface area contributed by atoms with Gasteiger partial charge in [0.1, 0.15) is 17.3 Å². The van der Waals surface area contributed by atoms with Gasteiger partial charge in [-0.1, -0.05) is 30.7 Å². The van der Waals surface area contributed by atoms with Crippen molar-refractivity contribution in [1.82, 2.24) is 9.80 Å². The van der Waals surface area contributed by atoms with Crippen LogP contribution in [-0.2, 0) is 9.59 Å². The first-order valence-electron chi connectivity index (χ1n) is 10.8. The summed E-state index contributed by atoms with van der Waals surface area (Å²) in [6, 6.07) is 11.2. The fourth-order valence-corrected chi connectivity index (χ4v) is 3.92. The fourth-order valence-electron chi connectivity index (χ4n) is 3.72. The molecule has 1 fully saturated rings. The second-order valence-electron chi connectivity index (χ2n) is 8.07. The van der Waals surface area contributed by atoms with Gasteiger partial charge in [0.2, 0.25) is 0 Å². The van der Waals surface area contributed by atoms with Crippen LogP contribution >= 0.6 is 11.6 Å². The SMILES string of the molecule is CCCOc1cccc(C2/C(=C(/O)c3ccc(Cl)c(OC)c3)C(=O)C(=O)N2CCN(C)C)c1. The molecule has 1 atom stereocenters. The van der Waals surface area contributed by atoms with E-state index in [-0.39, 0.29) is 11.3 Å². The normalized spacial score (nSPS) is 17.6.